The molecule has 0 aliphatic heterocycles. The van der Waals surface area contributed by atoms with E-state index < -0.39 is 0 Å². The number of anilines is 1. The lowest BCUT2D eigenvalue weighted by atomic mass is 10.00. The molecule has 1 heterocycles. The number of aromatic amines is 1. The Bertz CT molecular complexity index is 472. The van der Waals surface area contributed by atoms with Gasteiger partial charge in [-0.05, 0) is 38.5 Å². The van der Waals surface area contributed by atoms with Crippen LogP contribution in [0.25, 0.3) is 0 Å². The van der Waals surface area contributed by atoms with Crippen LogP contribution in [0, 0.1) is 5.92 Å². The largest absolute Gasteiger partial charge is 0.367 e. The highest BCUT2D eigenvalue weighted by Crippen LogP contribution is 2.37. The van der Waals surface area contributed by atoms with E-state index in [0.29, 0.717) is 12.0 Å². The molecule has 1 atom stereocenters. The molecule has 0 spiro atoms. The first-order valence-electron chi connectivity index (χ1n) is 7.10. The number of nitrogens with one attached hydrogen (secondary N) is 2. The van der Waals surface area contributed by atoms with E-state index in [1.165, 1.54) is 25.7 Å². The van der Waals surface area contributed by atoms with Gasteiger partial charge in [-0.25, -0.2) is 4.98 Å². The molecule has 0 bridgehead atoms. The van der Waals surface area contributed by atoms with Gasteiger partial charge in [-0.1, -0.05) is 12.8 Å². The van der Waals surface area contributed by atoms with Crippen LogP contribution in [-0.2, 0) is 0 Å². The van der Waals surface area contributed by atoms with Crippen LogP contribution in [-0.4, -0.2) is 16.0 Å². The van der Waals surface area contributed by atoms with Crippen LogP contribution >= 0.6 is 0 Å². The van der Waals surface area contributed by atoms with Crippen LogP contribution in [0.15, 0.2) is 10.9 Å². The average Bonchev–Trinajstić information content (AvgIpc) is 3.03. The Morgan fingerprint density at radius 3 is 2.72 bits per heavy atom. The Kier molecular flexibility index (Phi) is 3.10. The van der Waals surface area contributed by atoms with Gasteiger partial charge >= 0.3 is 0 Å². The van der Waals surface area contributed by atoms with Crippen molar-refractivity contribution in [1.29, 1.82) is 0 Å². The predicted octanol–water partition coefficient (Wildman–Crippen LogP) is 2.64. The summed E-state index contributed by atoms with van der Waals surface area (Å²) in [5.74, 6) is 2.83. The summed E-state index contributed by atoms with van der Waals surface area (Å²) in [6, 6.07) is 1.99. The fourth-order valence-corrected chi connectivity index (χ4v) is 2.91. The van der Waals surface area contributed by atoms with Crippen molar-refractivity contribution in [2.75, 3.05) is 5.32 Å². The van der Waals surface area contributed by atoms with Crippen LogP contribution in [0.4, 0.5) is 5.82 Å². The molecule has 4 heteroatoms. The third kappa shape index (κ3) is 2.57. The first-order valence-corrected chi connectivity index (χ1v) is 7.10. The molecule has 18 heavy (non-hydrogen) atoms. The smallest absolute Gasteiger partial charge is 0.252 e. The van der Waals surface area contributed by atoms with Gasteiger partial charge in [0, 0.05) is 18.0 Å². The van der Waals surface area contributed by atoms with Crippen molar-refractivity contribution in [3.63, 3.8) is 0 Å². The van der Waals surface area contributed by atoms with E-state index in [1.54, 1.807) is 6.07 Å². The average molecular weight is 247 g/mol. The Morgan fingerprint density at radius 2 is 2.06 bits per heavy atom. The number of hydrogen-bond acceptors (Lipinski definition) is 3. The van der Waals surface area contributed by atoms with Crippen LogP contribution in [0.2, 0.25) is 0 Å². The summed E-state index contributed by atoms with van der Waals surface area (Å²) in [5, 5.41) is 3.42. The lowest BCUT2D eigenvalue weighted by Crippen LogP contribution is -2.25. The predicted molar refractivity (Wildman–Crippen MR) is 71.9 cm³/mol. The van der Waals surface area contributed by atoms with Crippen LogP contribution in [0.5, 0.6) is 0 Å². The molecule has 1 aromatic heterocycles. The number of nitrogens with zero attached hydrogens (tertiary/aromatic N) is 1. The quantitative estimate of drug-likeness (QED) is 0.860. The fraction of sp³-hybridized carbons (Fsp3) is 0.714. The lowest BCUT2D eigenvalue weighted by molar-refractivity contribution is 0.481. The Balaban J connectivity index is 1.72. The zero-order chi connectivity index (χ0) is 12.5. The molecule has 0 amide bonds. The number of H-pyrrole nitrogens is 1. The lowest BCUT2D eigenvalue weighted by Gasteiger charge is -2.20. The highest BCUT2D eigenvalue weighted by molar-refractivity contribution is 5.35. The van der Waals surface area contributed by atoms with Gasteiger partial charge in [-0.15, -0.1) is 0 Å². The highest BCUT2D eigenvalue weighted by Gasteiger charge is 2.27. The zero-order valence-corrected chi connectivity index (χ0v) is 10.9. The minimum atomic E-state index is -0.0342. The SMILES string of the molecule is CC(Nc1cc(=O)[nH]c(C2CC2)n1)C1CCCC1. The molecule has 98 valence electrons. The van der Waals surface area contributed by atoms with Crippen molar-refractivity contribution in [3.8, 4) is 0 Å². The van der Waals surface area contributed by atoms with E-state index in [9.17, 15) is 4.79 Å². The molecule has 2 aliphatic rings. The van der Waals surface area contributed by atoms with Gasteiger partial charge in [0.15, 0.2) is 0 Å². The number of rotatable bonds is 4. The van der Waals surface area contributed by atoms with E-state index in [-0.39, 0.29) is 5.56 Å². The van der Waals surface area contributed by atoms with E-state index in [1.807, 2.05) is 0 Å². The maximum Gasteiger partial charge on any atom is 0.252 e. The highest BCUT2D eigenvalue weighted by atomic mass is 16.1. The topological polar surface area (TPSA) is 57.8 Å². The number of hydrogen-bond donors (Lipinski definition) is 2. The molecule has 0 aromatic carbocycles. The maximum absolute atomic E-state index is 11.6. The summed E-state index contributed by atoms with van der Waals surface area (Å²) in [6.07, 6.45) is 7.59. The van der Waals surface area contributed by atoms with E-state index in [0.717, 1.165) is 30.4 Å². The van der Waals surface area contributed by atoms with E-state index in [2.05, 4.69) is 22.2 Å². The van der Waals surface area contributed by atoms with Crippen LogP contribution < -0.4 is 10.9 Å². The fourth-order valence-electron chi connectivity index (χ4n) is 2.91. The van der Waals surface area contributed by atoms with Crippen molar-refractivity contribution in [1.82, 2.24) is 9.97 Å². The summed E-state index contributed by atoms with van der Waals surface area (Å²) in [5.41, 5.74) is -0.0342. The Hall–Kier alpha value is -1.32. The summed E-state index contributed by atoms with van der Waals surface area (Å²) in [4.78, 5) is 19.0. The van der Waals surface area contributed by atoms with Crippen LogP contribution in [0.3, 0.4) is 0 Å². The molecular formula is C14H21N3O. The maximum atomic E-state index is 11.6. The van der Waals surface area contributed by atoms with Crippen molar-refractivity contribution in [3.05, 3.63) is 22.2 Å². The van der Waals surface area contributed by atoms with Gasteiger partial charge in [-0.2, -0.15) is 0 Å². The second-order valence-electron chi connectivity index (χ2n) is 5.77. The number of aromatic nitrogens is 2. The summed E-state index contributed by atoms with van der Waals surface area (Å²) in [7, 11) is 0. The van der Waals surface area contributed by atoms with Gasteiger partial charge in [0.1, 0.15) is 11.6 Å². The van der Waals surface area contributed by atoms with E-state index >= 15 is 0 Å². The molecule has 4 nitrogen and oxygen atoms in total. The van der Waals surface area contributed by atoms with Gasteiger partial charge in [-0.3, -0.25) is 4.79 Å². The monoisotopic (exact) mass is 247 g/mol. The van der Waals surface area contributed by atoms with Gasteiger partial charge in [0.05, 0.1) is 0 Å². The minimum Gasteiger partial charge on any atom is -0.367 e. The van der Waals surface area contributed by atoms with Crippen LogP contribution in [0.1, 0.15) is 57.2 Å². The minimum absolute atomic E-state index is 0.0342. The molecule has 0 saturated heterocycles. The summed E-state index contributed by atoms with van der Waals surface area (Å²) >= 11 is 0. The molecule has 2 saturated carbocycles. The second kappa shape index (κ2) is 4.75. The van der Waals surface area contributed by atoms with E-state index in [4.69, 9.17) is 0 Å². The van der Waals surface area contributed by atoms with Crippen molar-refractivity contribution in [2.24, 2.45) is 5.92 Å². The molecular weight excluding hydrogens is 226 g/mol. The van der Waals surface area contributed by atoms with Crippen molar-refractivity contribution in [2.45, 2.75) is 57.4 Å². The summed E-state index contributed by atoms with van der Waals surface area (Å²) < 4.78 is 0. The third-order valence-corrected chi connectivity index (χ3v) is 4.21. The molecule has 1 unspecified atom stereocenters. The normalized spacial score (nSPS) is 22.1. The van der Waals surface area contributed by atoms with Gasteiger partial charge in [0.2, 0.25) is 0 Å². The zero-order valence-electron chi connectivity index (χ0n) is 10.9. The Labute approximate surface area is 107 Å². The first kappa shape index (κ1) is 11.8. The molecule has 3 rings (SSSR count). The Morgan fingerprint density at radius 1 is 1.33 bits per heavy atom. The van der Waals surface area contributed by atoms with Gasteiger partial charge in [0.25, 0.3) is 5.56 Å². The third-order valence-electron chi connectivity index (χ3n) is 4.21. The standard InChI is InChI=1S/C14H21N3O/c1-9(10-4-2-3-5-10)15-12-8-13(18)17-14(16-12)11-6-7-11/h8-11H,2-7H2,1H3,(H2,15,16,17,18). The first-order chi connectivity index (χ1) is 8.72. The van der Waals surface area contributed by atoms with Crippen molar-refractivity contribution >= 4 is 5.82 Å². The molecule has 2 fully saturated rings. The second-order valence-corrected chi connectivity index (χ2v) is 5.77. The molecule has 1 aromatic rings. The summed E-state index contributed by atoms with van der Waals surface area (Å²) in [6.45, 7) is 2.20. The molecule has 2 aliphatic carbocycles. The molecule has 0 radical (unpaired) electrons. The molecule has 2 N–H and O–H groups in total. The van der Waals surface area contributed by atoms with Gasteiger partial charge < -0.3 is 10.3 Å². The van der Waals surface area contributed by atoms with Crippen molar-refractivity contribution < 1.29 is 0 Å².